The molecular formula is C24H27Cl2N5O. The maximum atomic E-state index is 12.7. The third-order valence-corrected chi connectivity index (χ3v) is 7.35. The quantitative estimate of drug-likeness (QED) is 0.614. The van der Waals surface area contributed by atoms with Crippen LogP contribution in [0.2, 0.25) is 10.0 Å². The molecular weight excluding hydrogens is 445 g/mol. The summed E-state index contributed by atoms with van der Waals surface area (Å²) in [5.74, 6) is 0.241. The van der Waals surface area contributed by atoms with Gasteiger partial charge in [0.1, 0.15) is 0 Å². The van der Waals surface area contributed by atoms with E-state index >= 15 is 0 Å². The predicted octanol–water partition coefficient (Wildman–Crippen LogP) is 4.35. The fraction of sp³-hybridized carbons (Fsp3) is 0.417. The predicted molar refractivity (Wildman–Crippen MR) is 130 cm³/mol. The largest absolute Gasteiger partial charge is 0.368 e. The molecule has 0 bridgehead atoms. The number of anilines is 1. The third kappa shape index (κ3) is 3.85. The molecule has 3 aromatic rings. The topological polar surface area (TPSA) is 53.4 Å². The van der Waals surface area contributed by atoms with Crippen LogP contribution in [-0.4, -0.2) is 58.6 Å². The van der Waals surface area contributed by atoms with Crippen LogP contribution < -0.4 is 10.2 Å². The summed E-state index contributed by atoms with van der Waals surface area (Å²) in [7, 11) is 0. The first kappa shape index (κ1) is 21.6. The molecule has 3 heterocycles. The maximum absolute atomic E-state index is 12.7. The van der Waals surface area contributed by atoms with Crippen LogP contribution in [0.4, 0.5) is 5.69 Å². The number of piperazine rings is 1. The van der Waals surface area contributed by atoms with E-state index in [1.807, 2.05) is 23.4 Å². The normalized spacial score (nSPS) is 22.1. The summed E-state index contributed by atoms with van der Waals surface area (Å²) in [4.78, 5) is 21.7. The standard InChI is InChI=1S/C24H27Cl2N5O/c1-15-13-29(9-10-30(15)24(32)22-7-8-27-22)18-4-6-21-23(12-18)31(14-28-21)16(2)19-5-3-17(25)11-20(19)26/h3-6,11-12,14-16,22,27H,7-10,13H2,1-2H3/t15-,16?,22?/m1/s1. The highest BCUT2D eigenvalue weighted by atomic mass is 35.5. The molecule has 0 aliphatic carbocycles. The van der Waals surface area contributed by atoms with Crippen LogP contribution in [0, 0.1) is 0 Å². The number of rotatable bonds is 4. The summed E-state index contributed by atoms with van der Waals surface area (Å²) in [6.07, 6.45) is 2.82. The zero-order valence-electron chi connectivity index (χ0n) is 18.3. The van der Waals surface area contributed by atoms with E-state index in [1.165, 1.54) is 0 Å². The first-order valence-electron chi connectivity index (χ1n) is 11.1. The van der Waals surface area contributed by atoms with E-state index in [4.69, 9.17) is 23.2 Å². The van der Waals surface area contributed by atoms with Gasteiger partial charge in [-0.3, -0.25) is 4.79 Å². The van der Waals surface area contributed by atoms with Gasteiger partial charge in [0.2, 0.25) is 5.91 Å². The number of fused-ring (bicyclic) bond motifs is 1. The van der Waals surface area contributed by atoms with Crippen molar-refractivity contribution in [3.63, 3.8) is 0 Å². The zero-order chi connectivity index (χ0) is 22.4. The lowest BCUT2D eigenvalue weighted by molar-refractivity contribution is -0.137. The highest BCUT2D eigenvalue weighted by Gasteiger charge is 2.34. The van der Waals surface area contributed by atoms with Gasteiger partial charge in [0.25, 0.3) is 0 Å². The second kappa shape index (κ2) is 8.58. The molecule has 3 atom stereocenters. The summed E-state index contributed by atoms with van der Waals surface area (Å²) in [6.45, 7) is 7.57. The number of hydrogen-bond donors (Lipinski definition) is 1. The first-order chi connectivity index (χ1) is 15.4. The van der Waals surface area contributed by atoms with Crippen LogP contribution in [0.3, 0.4) is 0 Å². The molecule has 5 rings (SSSR count). The zero-order valence-corrected chi connectivity index (χ0v) is 19.8. The van der Waals surface area contributed by atoms with Gasteiger partial charge in [0, 0.05) is 41.4 Å². The summed E-state index contributed by atoms with van der Waals surface area (Å²) < 4.78 is 2.15. The van der Waals surface area contributed by atoms with Crippen molar-refractivity contribution in [3.8, 4) is 0 Å². The Morgan fingerprint density at radius 2 is 2.00 bits per heavy atom. The van der Waals surface area contributed by atoms with Crippen LogP contribution in [-0.2, 0) is 4.79 Å². The lowest BCUT2D eigenvalue weighted by Gasteiger charge is -2.43. The van der Waals surface area contributed by atoms with Crippen molar-refractivity contribution in [2.24, 2.45) is 0 Å². The molecule has 32 heavy (non-hydrogen) atoms. The molecule has 168 valence electrons. The van der Waals surface area contributed by atoms with Crippen molar-refractivity contribution in [2.45, 2.75) is 38.4 Å². The molecule has 2 aliphatic rings. The minimum Gasteiger partial charge on any atom is -0.368 e. The number of carbonyl (C=O) groups is 1. The number of benzene rings is 2. The average molecular weight is 472 g/mol. The Morgan fingerprint density at radius 3 is 2.69 bits per heavy atom. The van der Waals surface area contributed by atoms with Gasteiger partial charge in [-0.05, 0) is 62.7 Å². The van der Waals surface area contributed by atoms with Crippen LogP contribution in [0.15, 0.2) is 42.7 Å². The van der Waals surface area contributed by atoms with Gasteiger partial charge in [-0.1, -0.05) is 29.3 Å². The van der Waals surface area contributed by atoms with Crippen LogP contribution in [0.5, 0.6) is 0 Å². The van der Waals surface area contributed by atoms with Gasteiger partial charge >= 0.3 is 0 Å². The van der Waals surface area contributed by atoms with E-state index in [9.17, 15) is 4.79 Å². The number of halogens is 2. The average Bonchev–Trinajstić information content (AvgIpc) is 3.15. The molecule has 2 aromatic carbocycles. The van der Waals surface area contributed by atoms with Crippen molar-refractivity contribution in [3.05, 3.63) is 58.3 Å². The lowest BCUT2D eigenvalue weighted by Crippen LogP contribution is -2.61. The summed E-state index contributed by atoms with van der Waals surface area (Å²) >= 11 is 12.6. The molecule has 0 radical (unpaired) electrons. The highest BCUT2D eigenvalue weighted by molar-refractivity contribution is 6.35. The van der Waals surface area contributed by atoms with E-state index in [2.05, 4.69) is 51.8 Å². The van der Waals surface area contributed by atoms with Crippen LogP contribution in [0.25, 0.3) is 11.0 Å². The molecule has 1 amide bonds. The van der Waals surface area contributed by atoms with Gasteiger partial charge < -0.3 is 19.7 Å². The van der Waals surface area contributed by atoms with Crippen molar-refractivity contribution in [1.82, 2.24) is 19.8 Å². The molecule has 0 spiro atoms. The Labute approximate surface area is 198 Å². The first-order valence-corrected chi connectivity index (χ1v) is 11.9. The van der Waals surface area contributed by atoms with Crippen molar-refractivity contribution < 1.29 is 4.79 Å². The summed E-state index contributed by atoms with van der Waals surface area (Å²) in [5, 5.41) is 4.51. The number of imidazole rings is 1. The molecule has 2 fully saturated rings. The number of amides is 1. The molecule has 8 heteroatoms. The smallest absolute Gasteiger partial charge is 0.240 e. The number of aromatic nitrogens is 2. The Balaban J connectivity index is 1.38. The van der Waals surface area contributed by atoms with E-state index in [0.29, 0.717) is 10.0 Å². The molecule has 1 aromatic heterocycles. The second-order valence-corrected chi connectivity index (χ2v) is 9.63. The van der Waals surface area contributed by atoms with Gasteiger partial charge in [0.05, 0.1) is 29.4 Å². The minimum atomic E-state index is 0.0101. The van der Waals surface area contributed by atoms with Crippen LogP contribution in [0.1, 0.15) is 31.9 Å². The van der Waals surface area contributed by atoms with Gasteiger partial charge in [-0.2, -0.15) is 0 Å². The fourth-order valence-corrected chi connectivity index (χ4v) is 5.30. The van der Waals surface area contributed by atoms with E-state index in [-0.39, 0.29) is 24.0 Å². The Hall–Kier alpha value is -2.28. The molecule has 2 aliphatic heterocycles. The Kier molecular flexibility index (Phi) is 5.78. The van der Waals surface area contributed by atoms with E-state index < -0.39 is 0 Å². The molecule has 1 N–H and O–H groups in total. The van der Waals surface area contributed by atoms with Crippen molar-refractivity contribution >= 4 is 45.8 Å². The molecule has 0 saturated carbocycles. The van der Waals surface area contributed by atoms with E-state index in [1.54, 1.807) is 6.07 Å². The SMILES string of the molecule is CC(c1ccc(Cl)cc1Cl)n1cnc2ccc(N3CCN(C(=O)C4CCN4)[C@H](C)C3)cc21. The fourth-order valence-electron chi connectivity index (χ4n) is 4.73. The summed E-state index contributed by atoms with van der Waals surface area (Å²) in [6, 6.07) is 12.2. The molecule has 6 nitrogen and oxygen atoms in total. The second-order valence-electron chi connectivity index (χ2n) is 8.79. The van der Waals surface area contributed by atoms with Crippen molar-refractivity contribution in [1.29, 1.82) is 0 Å². The summed E-state index contributed by atoms with van der Waals surface area (Å²) in [5.41, 5.74) is 4.16. The molecule has 2 unspecified atom stereocenters. The Bertz CT molecular complexity index is 1160. The number of nitrogens with zero attached hydrogens (tertiary/aromatic N) is 4. The third-order valence-electron chi connectivity index (χ3n) is 6.79. The number of nitrogens with one attached hydrogen (secondary N) is 1. The highest BCUT2D eigenvalue weighted by Crippen LogP contribution is 2.32. The van der Waals surface area contributed by atoms with Crippen molar-refractivity contribution in [2.75, 3.05) is 31.1 Å². The number of hydrogen-bond acceptors (Lipinski definition) is 4. The van der Waals surface area contributed by atoms with Gasteiger partial charge in [0.15, 0.2) is 0 Å². The molecule has 2 saturated heterocycles. The minimum absolute atomic E-state index is 0.0101. The van der Waals surface area contributed by atoms with Gasteiger partial charge in [-0.15, -0.1) is 0 Å². The van der Waals surface area contributed by atoms with Crippen LogP contribution >= 0.6 is 23.2 Å². The number of carbonyl (C=O) groups excluding carboxylic acids is 1. The lowest BCUT2D eigenvalue weighted by atomic mass is 10.0. The maximum Gasteiger partial charge on any atom is 0.240 e. The van der Waals surface area contributed by atoms with Gasteiger partial charge in [-0.25, -0.2) is 4.98 Å². The monoisotopic (exact) mass is 471 g/mol. The van der Waals surface area contributed by atoms with E-state index in [0.717, 1.165) is 54.9 Å². The Morgan fingerprint density at radius 1 is 1.19 bits per heavy atom.